The highest BCUT2D eigenvalue weighted by Crippen LogP contribution is 2.24. The van der Waals surface area contributed by atoms with Crippen molar-refractivity contribution < 1.29 is 4.74 Å². The summed E-state index contributed by atoms with van der Waals surface area (Å²) in [5, 5.41) is 1.22. The number of aryl methyl sites for hydroxylation is 1. The van der Waals surface area contributed by atoms with Gasteiger partial charge in [0.25, 0.3) is 0 Å². The van der Waals surface area contributed by atoms with Crippen molar-refractivity contribution in [1.82, 2.24) is 4.57 Å². The molecule has 0 N–H and O–H groups in total. The van der Waals surface area contributed by atoms with Gasteiger partial charge in [-0.25, -0.2) is 0 Å². The number of para-hydroxylation sites is 1. The lowest BCUT2D eigenvalue weighted by atomic mass is 10.2. The molecule has 1 aromatic heterocycles. The molecule has 2 aromatic rings. The van der Waals surface area contributed by atoms with Crippen LogP contribution in [0.2, 0.25) is 0 Å². The third-order valence-corrected chi connectivity index (χ3v) is 2.77. The van der Waals surface area contributed by atoms with Gasteiger partial charge in [-0.05, 0) is 25.1 Å². The standard InChI is InChI=1S/C15H17NO/c1-4-8-15(17-5-2)14-11-12-9-6-7-10-13(12)16(14)3/h4,6-11H,1,5H2,2-3H3/b15-8+. The van der Waals surface area contributed by atoms with Crippen LogP contribution in [0.5, 0.6) is 0 Å². The van der Waals surface area contributed by atoms with Crippen LogP contribution >= 0.6 is 0 Å². The van der Waals surface area contributed by atoms with Crippen LogP contribution in [0.3, 0.4) is 0 Å². The van der Waals surface area contributed by atoms with Crippen LogP contribution in [0.25, 0.3) is 16.7 Å². The van der Waals surface area contributed by atoms with E-state index in [1.54, 1.807) is 6.08 Å². The number of rotatable bonds is 4. The summed E-state index contributed by atoms with van der Waals surface area (Å²) >= 11 is 0. The van der Waals surface area contributed by atoms with Crippen molar-refractivity contribution in [2.45, 2.75) is 6.92 Å². The van der Waals surface area contributed by atoms with Gasteiger partial charge >= 0.3 is 0 Å². The lowest BCUT2D eigenvalue weighted by molar-refractivity contribution is 0.295. The van der Waals surface area contributed by atoms with Crippen LogP contribution in [0.4, 0.5) is 0 Å². The first kappa shape index (κ1) is 11.5. The second kappa shape index (κ2) is 4.91. The zero-order valence-corrected chi connectivity index (χ0v) is 10.3. The van der Waals surface area contributed by atoms with Crippen molar-refractivity contribution in [2.24, 2.45) is 7.05 Å². The summed E-state index contributed by atoms with van der Waals surface area (Å²) in [5.41, 5.74) is 2.28. The summed E-state index contributed by atoms with van der Waals surface area (Å²) in [6.07, 6.45) is 3.65. The summed E-state index contributed by atoms with van der Waals surface area (Å²) in [6, 6.07) is 10.4. The average molecular weight is 227 g/mol. The van der Waals surface area contributed by atoms with Crippen molar-refractivity contribution in [2.75, 3.05) is 6.61 Å². The number of fused-ring (bicyclic) bond motifs is 1. The molecule has 0 aliphatic rings. The average Bonchev–Trinajstić information content (AvgIpc) is 2.67. The molecule has 2 rings (SSSR count). The zero-order chi connectivity index (χ0) is 12.3. The molecule has 0 bridgehead atoms. The van der Waals surface area contributed by atoms with Gasteiger partial charge in [-0.2, -0.15) is 0 Å². The summed E-state index contributed by atoms with van der Waals surface area (Å²) in [6.45, 7) is 6.37. The summed E-state index contributed by atoms with van der Waals surface area (Å²) in [5.74, 6) is 0.862. The van der Waals surface area contributed by atoms with Gasteiger partial charge in [-0.3, -0.25) is 0 Å². The Balaban J connectivity index is 2.57. The first-order chi connectivity index (χ1) is 8.27. The Morgan fingerprint density at radius 1 is 1.41 bits per heavy atom. The van der Waals surface area contributed by atoms with E-state index in [0.29, 0.717) is 6.61 Å². The predicted octanol–water partition coefficient (Wildman–Crippen LogP) is 3.74. The number of allylic oxidation sites excluding steroid dienone is 2. The van der Waals surface area contributed by atoms with E-state index in [9.17, 15) is 0 Å². The Morgan fingerprint density at radius 3 is 2.82 bits per heavy atom. The van der Waals surface area contributed by atoms with Crippen LogP contribution < -0.4 is 0 Å². The topological polar surface area (TPSA) is 14.2 Å². The Kier molecular flexibility index (Phi) is 3.33. The lowest BCUT2D eigenvalue weighted by Crippen LogP contribution is -1.98. The van der Waals surface area contributed by atoms with E-state index in [-0.39, 0.29) is 0 Å². The van der Waals surface area contributed by atoms with E-state index >= 15 is 0 Å². The maximum Gasteiger partial charge on any atom is 0.142 e. The van der Waals surface area contributed by atoms with Gasteiger partial charge < -0.3 is 9.30 Å². The van der Waals surface area contributed by atoms with Crippen LogP contribution in [0.1, 0.15) is 12.6 Å². The highest BCUT2D eigenvalue weighted by Gasteiger charge is 2.09. The highest BCUT2D eigenvalue weighted by atomic mass is 16.5. The summed E-state index contributed by atoms with van der Waals surface area (Å²) in [4.78, 5) is 0. The zero-order valence-electron chi connectivity index (χ0n) is 10.3. The molecule has 88 valence electrons. The second-order valence-corrected chi connectivity index (χ2v) is 3.85. The SMILES string of the molecule is C=C/C=C(/OCC)c1cc2ccccc2n1C. The molecular weight excluding hydrogens is 210 g/mol. The molecule has 2 heteroatoms. The van der Waals surface area contributed by atoms with Gasteiger partial charge in [0, 0.05) is 18.0 Å². The van der Waals surface area contributed by atoms with Gasteiger partial charge in [0.1, 0.15) is 5.76 Å². The van der Waals surface area contributed by atoms with Crippen molar-refractivity contribution in [3.05, 3.63) is 54.8 Å². The van der Waals surface area contributed by atoms with Crippen LogP contribution in [-0.2, 0) is 11.8 Å². The van der Waals surface area contributed by atoms with Crippen molar-refractivity contribution in [1.29, 1.82) is 0 Å². The van der Waals surface area contributed by atoms with Crippen LogP contribution in [0, 0.1) is 0 Å². The molecule has 0 atom stereocenters. The molecule has 0 aliphatic heterocycles. The number of hydrogen-bond donors (Lipinski definition) is 0. The van der Waals surface area contributed by atoms with E-state index in [1.807, 2.05) is 32.2 Å². The van der Waals surface area contributed by atoms with Crippen molar-refractivity contribution >= 4 is 16.7 Å². The number of benzene rings is 1. The molecule has 0 fully saturated rings. The van der Waals surface area contributed by atoms with Gasteiger partial charge in [-0.15, -0.1) is 0 Å². The quantitative estimate of drug-likeness (QED) is 0.573. The van der Waals surface area contributed by atoms with E-state index in [0.717, 1.165) is 11.5 Å². The Bertz CT molecular complexity index is 563. The molecule has 1 heterocycles. The molecule has 1 aromatic carbocycles. The Hall–Kier alpha value is -1.96. The van der Waals surface area contributed by atoms with E-state index in [1.165, 1.54) is 10.9 Å². The molecule has 0 spiro atoms. The number of hydrogen-bond acceptors (Lipinski definition) is 1. The van der Waals surface area contributed by atoms with Crippen molar-refractivity contribution in [3.8, 4) is 0 Å². The van der Waals surface area contributed by atoms with Gasteiger partial charge in [0.15, 0.2) is 0 Å². The first-order valence-corrected chi connectivity index (χ1v) is 5.78. The normalized spacial score (nSPS) is 11.8. The van der Waals surface area contributed by atoms with Crippen LogP contribution in [0.15, 0.2) is 49.1 Å². The molecule has 0 radical (unpaired) electrons. The molecule has 0 aliphatic carbocycles. The van der Waals surface area contributed by atoms with Gasteiger partial charge in [0.2, 0.25) is 0 Å². The van der Waals surface area contributed by atoms with E-state index in [2.05, 4.69) is 29.3 Å². The molecule has 0 amide bonds. The molecule has 0 unspecified atom stereocenters. The summed E-state index contributed by atoms with van der Waals surface area (Å²) in [7, 11) is 2.05. The van der Waals surface area contributed by atoms with Gasteiger partial charge in [0.05, 0.1) is 12.3 Å². The van der Waals surface area contributed by atoms with E-state index < -0.39 is 0 Å². The molecule has 0 saturated carbocycles. The second-order valence-electron chi connectivity index (χ2n) is 3.85. The van der Waals surface area contributed by atoms with Gasteiger partial charge in [-0.1, -0.05) is 30.9 Å². The Labute approximate surface area is 102 Å². The highest BCUT2D eigenvalue weighted by molar-refractivity contribution is 5.84. The lowest BCUT2D eigenvalue weighted by Gasteiger charge is -2.09. The molecule has 0 saturated heterocycles. The van der Waals surface area contributed by atoms with E-state index in [4.69, 9.17) is 4.74 Å². The largest absolute Gasteiger partial charge is 0.492 e. The number of aromatic nitrogens is 1. The third kappa shape index (κ3) is 2.11. The maximum absolute atomic E-state index is 5.65. The minimum atomic E-state index is 0.654. The minimum absolute atomic E-state index is 0.654. The molecule has 17 heavy (non-hydrogen) atoms. The maximum atomic E-state index is 5.65. The van der Waals surface area contributed by atoms with Crippen LogP contribution in [-0.4, -0.2) is 11.2 Å². The smallest absolute Gasteiger partial charge is 0.142 e. The minimum Gasteiger partial charge on any atom is -0.492 e. The Morgan fingerprint density at radius 2 is 2.18 bits per heavy atom. The molecular formula is C15H17NO. The monoisotopic (exact) mass is 227 g/mol. The summed E-state index contributed by atoms with van der Waals surface area (Å²) < 4.78 is 7.79. The third-order valence-electron chi connectivity index (χ3n) is 2.77. The first-order valence-electron chi connectivity index (χ1n) is 5.78. The van der Waals surface area contributed by atoms with Crippen molar-refractivity contribution in [3.63, 3.8) is 0 Å². The number of ether oxygens (including phenoxy) is 1. The predicted molar refractivity (Wildman–Crippen MR) is 72.7 cm³/mol. The fraction of sp³-hybridized carbons (Fsp3) is 0.200. The fourth-order valence-corrected chi connectivity index (χ4v) is 2.00. The fourth-order valence-electron chi connectivity index (χ4n) is 2.00. The molecule has 2 nitrogen and oxygen atoms in total. The number of nitrogens with zero attached hydrogens (tertiary/aromatic N) is 1.